The molecule has 0 amide bonds. The normalized spacial score (nSPS) is 9.55. The number of rotatable bonds is 0. The zero-order valence-corrected chi connectivity index (χ0v) is 9.43. The molecule has 1 heterocycles. The van der Waals surface area contributed by atoms with E-state index in [2.05, 4.69) is 29.0 Å². The standard InChI is InChI=1S/C8H8N2.Zn/c1-6-2-3-7-8(4-6)10-5-9-7;/h2-5H,1H3,(H,9,10);. The molecule has 2 nitrogen and oxygen atoms in total. The number of hydrogen-bond acceptors (Lipinski definition) is 1. The van der Waals surface area contributed by atoms with E-state index in [0.29, 0.717) is 0 Å². The topological polar surface area (TPSA) is 28.7 Å². The summed E-state index contributed by atoms with van der Waals surface area (Å²) >= 11 is 0. The molecule has 0 bridgehead atoms. The molecule has 0 aliphatic rings. The van der Waals surface area contributed by atoms with E-state index in [1.54, 1.807) is 6.33 Å². The molecule has 0 saturated carbocycles. The van der Waals surface area contributed by atoms with Crippen molar-refractivity contribution in [2.24, 2.45) is 0 Å². The number of hydrogen-bond donors (Lipinski definition) is 1. The summed E-state index contributed by atoms with van der Waals surface area (Å²) in [5.74, 6) is 0. The van der Waals surface area contributed by atoms with Crippen molar-refractivity contribution in [2.45, 2.75) is 6.92 Å². The molecule has 52 valence electrons. The van der Waals surface area contributed by atoms with E-state index in [1.807, 2.05) is 6.07 Å². The summed E-state index contributed by atoms with van der Waals surface area (Å²) in [6.07, 6.45) is 1.71. The zero-order valence-electron chi connectivity index (χ0n) is 6.46. The summed E-state index contributed by atoms with van der Waals surface area (Å²) in [4.78, 5) is 7.15. The Balaban J connectivity index is 0.000000605. The second-order valence-electron chi connectivity index (χ2n) is 2.42. The van der Waals surface area contributed by atoms with Crippen LogP contribution in [0.25, 0.3) is 11.0 Å². The minimum atomic E-state index is 0. The first-order chi connectivity index (χ1) is 4.86. The minimum absolute atomic E-state index is 0. The van der Waals surface area contributed by atoms with Crippen LogP contribution in [0.2, 0.25) is 0 Å². The fourth-order valence-corrected chi connectivity index (χ4v) is 1.05. The molecular weight excluding hydrogens is 189 g/mol. The van der Waals surface area contributed by atoms with Crippen LogP contribution in [0.1, 0.15) is 5.56 Å². The van der Waals surface area contributed by atoms with Gasteiger partial charge in [-0.05, 0) is 24.6 Å². The predicted octanol–water partition coefficient (Wildman–Crippen LogP) is 1.87. The number of fused-ring (bicyclic) bond motifs is 1. The zero-order chi connectivity index (χ0) is 6.97. The molecule has 1 aromatic heterocycles. The number of H-pyrrole nitrogens is 1. The van der Waals surface area contributed by atoms with Crippen LogP contribution < -0.4 is 0 Å². The van der Waals surface area contributed by atoms with E-state index in [0.717, 1.165) is 11.0 Å². The van der Waals surface area contributed by atoms with E-state index in [1.165, 1.54) is 5.56 Å². The minimum Gasteiger partial charge on any atom is -0.345 e. The quantitative estimate of drug-likeness (QED) is 0.642. The molecule has 11 heavy (non-hydrogen) atoms. The SMILES string of the molecule is Cc1ccc2nc[nH]c2c1.[Zn]. The monoisotopic (exact) mass is 196 g/mol. The van der Waals surface area contributed by atoms with Gasteiger partial charge in [-0.1, -0.05) is 6.07 Å². The van der Waals surface area contributed by atoms with Crippen molar-refractivity contribution in [3.63, 3.8) is 0 Å². The van der Waals surface area contributed by atoms with Crippen LogP contribution >= 0.6 is 0 Å². The van der Waals surface area contributed by atoms with Gasteiger partial charge < -0.3 is 4.98 Å². The summed E-state index contributed by atoms with van der Waals surface area (Å²) in [6.45, 7) is 2.07. The third-order valence-electron chi connectivity index (χ3n) is 1.58. The Kier molecular flexibility index (Phi) is 2.40. The van der Waals surface area contributed by atoms with Gasteiger partial charge in [-0.25, -0.2) is 4.98 Å². The van der Waals surface area contributed by atoms with Crippen molar-refractivity contribution in [2.75, 3.05) is 0 Å². The summed E-state index contributed by atoms with van der Waals surface area (Å²) in [7, 11) is 0. The Labute approximate surface area is 77.8 Å². The van der Waals surface area contributed by atoms with Crippen LogP contribution in [0.3, 0.4) is 0 Å². The molecular formula is C8H8N2Zn. The molecule has 2 aromatic rings. The smallest absolute Gasteiger partial charge is 0.0931 e. The van der Waals surface area contributed by atoms with Gasteiger partial charge in [0.1, 0.15) is 0 Å². The molecule has 0 radical (unpaired) electrons. The fraction of sp³-hybridized carbons (Fsp3) is 0.125. The van der Waals surface area contributed by atoms with Gasteiger partial charge in [-0.2, -0.15) is 0 Å². The van der Waals surface area contributed by atoms with Gasteiger partial charge >= 0.3 is 0 Å². The molecule has 3 heteroatoms. The van der Waals surface area contributed by atoms with Crippen molar-refractivity contribution in [1.29, 1.82) is 0 Å². The second-order valence-corrected chi connectivity index (χ2v) is 2.42. The number of aromatic amines is 1. The second kappa shape index (κ2) is 3.14. The van der Waals surface area contributed by atoms with Crippen molar-refractivity contribution >= 4 is 11.0 Å². The van der Waals surface area contributed by atoms with E-state index >= 15 is 0 Å². The number of nitrogens with one attached hydrogen (secondary N) is 1. The van der Waals surface area contributed by atoms with E-state index in [9.17, 15) is 0 Å². The molecule has 0 aliphatic heterocycles. The summed E-state index contributed by atoms with van der Waals surface area (Å²) < 4.78 is 0. The fourth-order valence-electron chi connectivity index (χ4n) is 1.05. The Morgan fingerprint density at radius 3 is 3.00 bits per heavy atom. The van der Waals surface area contributed by atoms with Crippen LogP contribution in [0.4, 0.5) is 0 Å². The van der Waals surface area contributed by atoms with Crippen molar-refractivity contribution in [3.8, 4) is 0 Å². The molecule has 1 aromatic carbocycles. The molecule has 0 saturated heterocycles. The van der Waals surface area contributed by atoms with E-state index in [-0.39, 0.29) is 19.5 Å². The molecule has 1 N–H and O–H groups in total. The maximum absolute atomic E-state index is 4.10. The summed E-state index contributed by atoms with van der Waals surface area (Å²) in [5.41, 5.74) is 3.40. The van der Waals surface area contributed by atoms with Gasteiger partial charge in [0.25, 0.3) is 0 Å². The van der Waals surface area contributed by atoms with Gasteiger partial charge in [0.15, 0.2) is 0 Å². The third kappa shape index (κ3) is 1.49. The number of aryl methyl sites for hydroxylation is 1. The average Bonchev–Trinajstić information content (AvgIpc) is 2.33. The average molecular weight is 198 g/mol. The van der Waals surface area contributed by atoms with Crippen molar-refractivity contribution < 1.29 is 19.5 Å². The maximum Gasteiger partial charge on any atom is 0.0931 e. The first-order valence-electron chi connectivity index (χ1n) is 3.26. The maximum atomic E-state index is 4.10. The summed E-state index contributed by atoms with van der Waals surface area (Å²) in [6, 6.07) is 6.16. The van der Waals surface area contributed by atoms with Gasteiger partial charge in [0.2, 0.25) is 0 Å². The number of aromatic nitrogens is 2. The first-order valence-corrected chi connectivity index (χ1v) is 3.26. The largest absolute Gasteiger partial charge is 0.345 e. The van der Waals surface area contributed by atoms with Crippen LogP contribution in [-0.4, -0.2) is 9.97 Å². The molecule has 0 spiro atoms. The Morgan fingerprint density at radius 2 is 2.18 bits per heavy atom. The van der Waals surface area contributed by atoms with Gasteiger partial charge in [0, 0.05) is 19.5 Å². The predicted molar refractivity (Wildman–Crippen MR) is 40.8 cm³/mol. The van der Waals surface area contributed by atoms with Crippen LogP contribution in [0.5, 0.6) is 0 Å². The van der Waals surface area contributed by atoms with Gasteiger partial charge in [-0.15, -0.1) is 0 Å². The van der Waals surface area contributed by atoms with Crippen LogP contribution in [0, 0.1) is 6.92 Å². The molecule has 0 fully saturated rings. The Bertz CT molecular complexity index is 354. The number of imidazole rings is 1. The van der Waals surface area contributed by atoms with Crippen LogP contribution in [-0.2, 0) is 19.5 Å². The Hall–Kier alpha value is -0.687. The number of benzene rings is 1. The Morgan fingerprint density at radius 1 is 1.36 bits per heavy atom. The molecule has 0 aliphatic carbocycles. The van der Waals surface area contributed by atoms with Crippen molar-refractivity contribution in [1.82, 2.24) is 9.97 Å². The molecule has 2 rings (SSSR count). The van der Waals surface area contributed by atoms with Crippen molar-refractivity contribution in [3.05, 3.63) is 30.1 Å². The summed E-state index contributed by atoms with van der Waals surface area (Å²) in [5, 5.41) is 0. The van der Waals surface area contributed by atoms with Gasteiger partial charge in [-0.3, -0.25) is 0 Å². The van der Waals surface area contributed by atoms with E-state index in [4.69, 9.17) is 0 Å². The first kappa shape index (κ1) is 8.41. The van der Waals surface area contributed by atoms with Crippen LogP contribution in [0.15, 0.2) is 24.5 Å². The van der Waals surface area contributed by atoms with E-state index < -0.39 is 0 Å². The molecule has 0 atom stereocenters. The number of nitrogens with zero attached hydrogens (tertiary/aromatic N) is 1. The third-order valence-corrected chi connectivity index (χ3v) is 1.58. The van der Waals surface area contributed by atoms with Gasteiger partial charge in [0.05, 0.1) is 17.4 Å². The molecule has 0 unspecified atom stereocenters.